The van der Waals surface area contributed by atoms with Gasteiger partial charge in [-0.15, -0.1) is 0 Å². The fourth-order valence-electron chi connectivity index (χ4n) is 3.01. The first-order valence-electron chi connectivity index (χ1n) is 9.86. The van der Waals surface area contributed by atoms with Crippen LogP contribution in [0.4, 0.5) is 0 Å². The van der Waals surface area contributed by atoms with E-state index in [2.05, 4.69) is 4.72 Å². The first kappa shape index (κ1) is 22.4. The highest BCUT2D eigenvalue weighted by molar-refractivity contribution is 7.89. The Balaban J connectivity index is 1.99. The van der Waals surface area contributed by atoms with Crippen LogP contribution in [0.15, 0.2) is 29.2 Å². The third-order valence-electron chi connectivity index (χ3n) is 4.92. The van der Waals surface area contributed by atoms with E-state index in [1.807, 2.05) is 6.92 Å². The van der Waals surface area contributed by atoms with Crippen molar-refractivity contribution in [3.63, 3.8) is 0 Å². The SMILES string of the molecule is CC[C@H](C)NS(=O)(=O)c1ccc(C(=O)O[C@@H](C)C(=O)N2CCCCCC2)cc1. The van der Waals surface area contributed by atoms with E-state index in [0.717, 1.165) is 25.7 Å². The van der Waals surface area contributed by atoms with Crippen molar-refractivity contribution in [2.45, 2.75) is 69.9 Å². The third kappa shape index (κ3) is 6.04. The number of ether oxygens (including phenoxy) is 1. The van der Waals surface area contributed by atoms with Crippen LogP contribution < -0.4 is 4.72 Å². The molecule has 1 amide bonds. The molecule has 0 radical (unpaired) electrons. The minimum atomic E-state index is -3.63. The molecule has 1 aromatic rings. The molecule has 0 aromatic heterocycles. The van der Waals surface area contributed by atoms with Crippen molar-refractivity contribution in [2.24, 2.45) is 0 Å². The van der Waals surface area contributed by atoms with Gasteiger partial charge >= 0.3 is 5.97 Å². The topological polar surface area (TPSA) is 92.8 Å². The van der Waals surface area contributed by atoms with Crippen LogP contribution in [0.5, 0.6) is 0 Å². The molecule has 1 N–H and O–H groups in total. The minimum absolute atomic E-state index is 0.0815. The van der Waals surface area contributed by atoms with Gasteiger partial charge in [0.2, 0.25) is 10.0 Å². The summed E-state index contributed by atoms with van der Waals surface area (Å²) in [4.78, 5) is 26.7. The lowest BCUT2D eigenvalue weighted by atomic mass is 10.2. The molecule has 1 aliphatic rings. The van der Waals surface area contributed by atoms with Crippen molar-refractivity contribution in [2.75, 3.05) is 13.1 Å². The zero-order valence-electron chi connectivity index (χ0n) is 16.8. The third-order valence-corrected chi connectivity index (χ3v) is 6.52. The predicted octanol–water partition coefficient (Wildman–Crippen LogP) is 2.71. The number of sulfonamides is 1. The molecule has 0 aliphatic carbocycles. The van der Waals surface area contributed by atoms with E-state index in [9.17, 15) is 18.0 Å². The Morgan fingerprint density at radius 3 is 2.18 bits per heavy atom. The van der Waals surface area contributed by atoms with Gasteiger partial charge in [0.1, 0.15) is 0 Å². The van der Waals surface area contributed by atoms with Crippen molar-refractivity contribution < 1.29 is 22.7 Å². The Morgan fingerprint density at radius 2 is 1.64 bits per heavy atom. The van der Waals surface area contributed by atoms with Crippen molar-refractivity contribution in [3.8, 4) is 0 Å². The molecule has 156 valence electrons. The maximum Gasteiger partial charge on any atom is 0.338 e. The predicted molar refractivity (Wildman–Crippen MR) is 106 cm³/mol. The second-order valence-electron chi connectivity index (χ2n) is 7.24. The largest absolute Gasteiger partial charge is 0.449 e. The van der Waals surface area contributed by atoms with Gasteiger partial charge < -0.3 is 9.64 Å². The van der Waals surface area contributed by atoms with Crippen LogP contribution in [0, 0.1) is 0 Å². The molecule has 0 spiro atoms. The number of hydrogen-bond donors (Lipinski definition) is 1. The van der Waals surface area contributed by atoms with Crippen molar-refractivity contribution >= 4 is 21.9 Å². The molecule has 1 saturated heterocycles. The summed E-state index contributed by atoms with van der Waals surface area (Å²) in [5.74, 6) is -0.832. The van der Waals surface area contributed by atoms with E-state index < -0.39 is 22.1 Å². The highest BCUT2D eigenvalue weighted by atomic mass is 32.2. The Kier molecular flexibility index (Phi) is 8.00. The van der Waals surface area contributed by atoms with Crippen LogP contribution in [0.25, 0.3) is 0 Å². The van der Waals surface area contributed by atoms with E-state index in [0.29, 0.717) is 19.5 Å². The summed E-state index contributed by atoms with van der Waals surface area (Å²) in [6.45, 7) is 6.62. The summed E-state index contributed by atoms with van der Waals surface area (Å²) < 4.78 is 32.4. The highest BCUT2D eigenvalue weighted by Gasteiger charge is 2.25. The molecule has 28 heavy (non-hydrogen) atoms. The Bertz CT molecular complexity index is 768. The molecule has 1 heterocycles. The van der Waals surface area contributed by atoms with E-state index in [-0.39, 0.29) is 22.4 Å². The van der Waals surface area contributed by atoms with Gasteiger partial charge in [0.15, 0.2) is 6.10 Å². The van der Waals surface area contributed by atoms with Gasteiger partial charge in [-0.05, 0) is 57.4 Å². The first-order valence-corrected chi connectivity index (χ1v) is 11.3. The Morgan fingerprint density at radius 1 is 1.07 bits per heavy atom. The molecule has 7 nitrogen and oxygen atoms in total. The molecule has 1 aromatic carbocycles. The fraction of sp³-hybridized carbons (Fsp3) is 0.600. The van der Waals surface area contributed by atoms with Crippen LogP contribution in [0.1, 0.15) is 63.2 Å². The maximum atomic E-state index is 12.5. The van der Waals surface area contributed by atoms with Crippen LogP contribution in [0.3, 0.4) is 0 Å². The number of likely N-dealkylation sites (tertiary alicyclic amines) is 1. The lowest BCUT2D eigenvalue weighted by Gasteiger charge is -2.24. The quantitative estimate of drug-likeness (QED) is 0.698. The summed E-state index contributed by atoms with van der Waals surface area (Å²) in [7, 11) is -3.63. The number of nitrogens with zero attached hydrogens (tertiary/aromatic N) is 1. The molecule has 2 atom stereocenters. The Hall–Kier alpha value is -1.93. The van der Waals surface area contributed by atoms with Crippen molar-refractivity contribution in [3.05, 3.63) is 29.8 Å². The maximum absolute atomic E-state index is 12.5. The van der Waals surface area contributed by atoms with Crippen LogP contribution >= 0.6 is 0 Å². The van der Waals surface area contributed by atoms with Gasteiger partial charge in [-0.1, -0.05) is 19.8 Å². The molecule has 2 rings (SSSR count). The van der Waals surface area contributed by atoms with Crippen LogP contribution in [0.2, 0.25) is 0 Å². The van der Waals surface area contributed by atoms with E-state index in [1.54, 1.807) is 18.7 Å². The zero-order chi connectivity index (χ0) is 20.7. The monoisotopic (exact) mass is 410 g/mol. The molecule has 1 fully saturated rings. The van der Waals surface area contributed by atoms with Gasteiger partial charge in [0.05, 0.1) is 10.5 Å². The van der Waals surface area contributed by atoms with E-state index in [4.69, 9.17) is 4.74 Å². The van der Waals surface area contributed by atoms with E-state index in [1.165, 1.54) is 24.3 Å². The van der Waals surface area contributed by atoms with Crippen LogP contribution in [-0.4, -0.2) is 50.4 Å². The average Bonchev–Trinajstić information content (AvgIpc) is 2.96. The summed E-state index contributed by atoms with van der Waals surface area (Å²) in [5.41, 5.74) is 0.206. The second kappa shape index (κ2) is 10.0. The summed E-state index contributed by atoms with van der Waals surface area (Å²) in [5, 5.41) is 0. The summed E-state index contributed by atoms with van der Waals surface area (Å²) in [6, 6.07) is 5.35. The van der Waals surface area contributed by atoms with Gasteiger partial charge in [0.25, 0.3) is 5.91 Å². The number of carbonyl (C=O) groups is 2. The molecule has 8 heteroatoms. The van der Waals surface area contributed by atoms with Gasteiger partial charge in [-0.3, -0.25) is 4.79 Å². The zero-order valence-corrected chi connectivity index (χ0v) is 17.6. The number of hydrogen-bond acceptors (Lipinski definition) is 5. The number of carbonyl (C=O) groups excluding carboxylic acids is 2. The lowest BCUT2D eigenvalue weighted by Crippen LogP contribution is -2.40. The molecular formula is C20H30N2O5S. The molecule has 1 aliphatic heterocycles. The highest BCUT2D eigenvalue weighted by Crippen LogP contribution is 2.15. The lowest BCUT2D eigenvalue weighted by molar-refractivity contribution is -0.139. The van der Waals surface area contributed by atoms with Gasteiger partial charge in [0, 0.05) is 19.1 Å². The first-order chi connectivity index (χ1) is 13.2. The standard InChI is InChI=1S/C20H30N2O5S/c1-4-15(2)21-28(25,26)18-11-9-17(10-12-18)20(24)27-16(3)19(23)22-13-7-5-6-8-14-22/h9-12,15-16,21H,4-8,13-14H2,1-3H3/t15-,16-/m0/s1. The van der Waals surface area contributed by atoms with Gasteiger partial charge in [-0.2, -0.15) is 0 Å². The number of amides is 1. The fourth-order valence-corrected chi connectivity index (χ4v) is 4.34. The smallest absolute Gasteiger partial charge is 0.338 e. The van der Waals surface area contributed by atoms with Gasteiger partial charge in [-0.25, -0.2) is 17.9 Å². The average molecular weight is 411 g/mol. The van der Waals surface area contributed by atoms with Crippen molar-refractivity contribution in [1.29, 1.82) is 0 Å². The second-order valence-corrected chi connectivity index (χ2v) is 8.96. The number of rotatable bonds is 7. The number of nitrogens with one attached hydrogen (secondary N) is 1. The molecular weight excluding hydrogens is 380 g/mol. The minimum Gasteiger partial charge on any atom is -0.449 e. The Labute approximate surface area is 167 Å². The molecule has 0 bridgehead atoms. The normalized spacial score (nSPS) is 17.5. The van der Waals surface area contributed by atoms with E-state index >= 15 is 0 Å². The molecule has 0 unspecified atom stereocenters. The summed E-state index contributed by atoms with van der Waals surface area (Å²) >= 11 is 0. The molecule has 0 saturated carbocycles. The van der Waals surface area contributed by atoms with Crippen LogP contribution in [-0.2, 0) is 19.6 Å². The van der Waals surface area contributed by atoms with Crippen molar-refractivity contribution in [1.82, 2.24) is 9.62 Å². The number of benzene rings is 1. The number of esters is 1. The summed E-state index contributed by atoms with van der Waals surface area (Å²) in [6.07, 6.45) is 3.95.